The molecule has 0 fully saturated rings. The first-order valence-corrected chi connectivity index (χ1v) is 5.94. The second-order valence-corrected chi connectivity index (χ2v) is 4.25. The zero-order valence-corrected chi connectivity index (χ0v) is 10.6. The summed E-state index contributed by atoms with van der Waals surface area (Å²) in [5.74, 6) is 0.563. The van der Waals surface area contributed by atoms with Crippen LogP contribution in [0.1, 0.15) is 11.4 Å². The first kappa shape index (κ1) is 13.1. The molecule has 0 radical (unpaired) electrons. The van der Waals surface area contributed by atoms with Gasteiger partial charge in [-0.15, -0.1) is 0 Å². The van der Waals surface area contributed by atoms with E-state index in [4.69, 9.17) is 4.74 Å². The van der Waals surface area contributed by atoms with Crippen LogP contribution in [0.3, 0.4) is 0 Å². The van der Waals surface area contributed by atoms with Crippen LogP contribution in [0.4, 0.5) is 0 Å². The van der Waals surface area contributed by atoms with Crippen molar-refractivity contribution in [3.8, 4) is 0 Å². The smallest absolute Gasteiger partial charge is 0.343 e. The number of aromatic nitrogens is 3. The number of nitrogens with zero attached hydrogens (tertiary/aromatic N) is 2. The summed E-state index contributed by atoms with van der Waals surface area (Å²) in [6, 6.07) is 9.71. The molecule has 1 atom stereocenters. The zero-order valence-electron chi connectivity index (χ0n) is 10.6. The van der Waals surface area contributed by atoms with Crippen molar-refractivity contribution in [1.82, 2.24) is 14.8 Å². The van der Waals surface area contributed by atoms with Gasteiger partial charge in [-0.1, -0.05) is 30.3 Å². The molecule has 19 heavy (non-hydrogen) atoms. The first-order valence-electron chi connectivity index (χ1n) is 5.94. The summed E-state index contributed by atoms with van der Waals surface area (Å²) in [5, 5.41) is 6.27. The zero-order chi connectivity index (χ0) is 13.7. The summed E-state index contributed by atoms with van der Waals surface area (Å²) in [6.45, 7) is 0.429. The van der Waals surface area contributed by atoms with Gasteiger partial charge in [0.2, 0.25) is 0 Å². The number of H-pyrrole nitrogens is 1. The fraction of sp³-hybridized carbons (Fsp3) is 0.308. The number of rotatable bonds is 6. The van der Waals surface area contributed by atoms with E-state index in [0.717, 1.165) is 5.56 Å². The first-order chi connectivity index (χ1) is 9.20. The lowest BCUT2D eigenvalue weighted by Gasteiger charge is -2.14. The van der Waals surface area contributed by atoms with Crippen molar-refractivity contribution in [2.45, 2.75) is 18.9 Å². The van der Waals surface area contributed by atoms with E-state index in [-0.39, 0.29) is 11.8 Å². The average molecular weight is 261 g/mol. The molecule has 0 aliphatic carbocycles. The van der Waals surface area contributed by atoms with Crippen LogP contribution in [0.2, 0.25) is 0 Å². The number of hydrogen-bond acceptors (Lipinski definition) is 4. The van der Waals surface area contributed by atoms with Gasteiger partial charge in [-0.25, -0.2) is 9.89 Å². The fourth-order valence-corrected chi connectivity index (χ4v) is 1.89. The van der Waals surface area contributed by atoms with Crippen molar-refractivity contribution in [3.05, 3.63) is 52.2 Å². The van der Waals surface area contributed by atoms with E-state index in [0.29, 0.717) is 25.1 Å². The third-order valence-electron chi connectivity index (χ3n) is 2.94. The lowest BCUT2D eigenvalue weighted by atomic mass is 10.1. The van der Waals surface area contributed by atoms with Gasteiger partial charge in [-0.05, 0) is 5.56 Å². The standard InChI is InChI=1S/C13H15N3O3/c1-16-12(14-15-13(16)18)8-11(19-9-17)7-10-5-3-2-4-6-10/h2-6,9,11H,7-8H2,1H3,(H,15,18). The molecule has 1 unspecified atom stereocenters. The second kappa shape index (κ2) is 5.99. The van der Waals surface area contributed by atoms with E-state index >= 15 is 0 Å². The number of carbonyl (C=O) groups excluding carboxylic acids is 1. The lowest BCUT2D eigenvalue weighted by molar-refractivity contribution is -0.133. The predicted octanol–water partition coefficient (Wildman–Crippen LogP) is 0.435. The monoisotopic (exact) mass is 261 g/mol. The number of ether oxygens (including phenoxy) is 1. The molecular weight excluding hydrogens is 246 g/mol. The Morgan fingerprint density at radius 1 is 1.37 bits per heavy atom. The van der Waals surface area contributed by atoms with Gasteiger partial charge in [-0.3, -0.25) is 9.36 Å². The Kier molecular flexibility index (Phi) is 4.12. The molecule has 1 N–H and O–H groups in total. The summed E-state index contributed by atoms with van der Waals surface area (Å²) in [4.78, 5) is 21.8. The summed E-state index contributed by atoms with van der Waals surface area (Å²) in [6.07, 6.45) is 0.637. The van der Waals surface area contributed by atoms with Crippen molar-refractivity contribution in [3.63, 3.8) is 0 Å². The number of aromatic amines is 1. The lowest BCUT2D eigenvalue weighted by Crippen LogP contribution is -2.22. The van der Waals surface area contributed by atoms with Crippen molar-refractivity contribution < 1.29 is 9.53 Å². The Morgan fingerprint density at radius 2 is 2.11 bits per heavy atom. The topological polar surface area (TPSA) is 77.0 Å². The van der Waals surface area contributed by atoms with Gasteiger partial charge in [0.25, 0.3) is 6.47 Å². The van der Waals surface area contributed by atoms with Crippen LogP contribution in [-0.4, -0.2) is 27.3 Å². The Morgan fingerprint density at radius 3 is 2.68 bits per heavy atom. The Bertz CT molecular complexity index is 589. The summed E-state index contributed by atoms with van der Waals surface area (Å²) in [7, 11) is 1.63. The van der Waals surface area contributed by atoms with Gasteiger partial charge in [0.05, 0.1) is 0 Å². The minimum atomic E-state index is -0.339. The van der Waals surface area contributed by atoms with Crippen molar-refractivity contribution >= 4 is 6.47 Å². The van der Waals surface area contributed by atoms with Gasteiger partial charge in [0.1, 0.15) is 11.9 Å². The predicted molar refractivity (Wildman–Crippen MR) is 68.6 cm³/mol. The van der Waals surface area contributed by atoms with Crippen LogP contribution in [0.25, 0.3) is 0 Å². The van der Waals surface area contributed by atoms with Gasteiger partial charge in [0.15, 0.2) is 0 Å². The summed E-state index contributed by atoms with van der Waals surface area (Å²) < 4.78 is 6.47. The quantitative estimate of drug-likeness (QED) is 0.765. The third-order valence-corrected chi connectivity index (χ3v) is 2.94. The van der Waals surface area contributed by atoms with E-state index in [2.05, 4.69) is 10.2 Å². The van der Waals surface area contributed by atoms with Crippen molar-refractivity contribution in [1.29, 1.82) is 0 Å². The molecule has 6 nitrogen and oxygen atoms in total. The largest absolute Gasteiger partial charge is 0.464 e. The van der Waals surface area contributed by atoms with E-state index in [1.807, 2.05) is 30.3 Å². The maximum atomic E-state index is 11.3. The van der Waals surface area contributed by atoms with E-state index in [1.54, 1.807) is 7.05 Å². The highest BCUT2D eigenvalue weighted by Gasteiger charge is 2.15. The highest BCUT2D eigenvalue weighted by Crippen LogP contribution is 2.09. The Labute approximate surface area is 110 Å². The molecule has 6 heteroatoms. The summed E-state index contributed by atoms with van der Waals surface area (Å²) in [5.41, 5.74) is 0.787. The molecule has 0 bridgehead atoms. The maximum absolute atomic E-state index is 11.3. The van der Waals surface area contributed by atoms with Crippen molar-refractivity contribution in [2.24, 2.45) is 7.05 Å². The molecule has 0 aliphatic rings. The minimum absolute atomic E-state index is 0.278. The molecule has 1 aromatic carbocycles. The van der Waals surface area contributed by atoms with Crippen LogP contribution < -0.4 is 5.69 Å². The van der Waals surface area contributed by atoms with Gasteiger partial charge < -0.3 is 4.74 Å². The Balaban J connectivity index is 2.10. The van der Waals surface area contributed by atoms with Crippen LogP contribution in [0.15, 0.2) is 35.1 Å². The van der Waals surface area contributed by atoms with Gasteiger partial charge in [-0.2, -0.15) is 5.10 Å². The molecule has 1 aromatic heterocycles. The van der Waals surface area contributed by atoms with Crippen LogP contribution in [-0.2, 0) is 29.4 Å². The number of nitrogens with one attached hydrogen (secondary N) is 1. The highest BCUT2D eigenvalue weighted by atomic mass is 16.5. The van der Waals surface area contributed by atoms with Gasteiger partial charge in [0, 0.05) is 19.9 Å². The average Bonchev–Trinajstić information content (AvgIpc) is 2.72. The highest BCUT2D eigenvalue weighted by molar-refractivity contribution is 5.37. The normalized spacial score (nSPS) is 12.1. The molecule has 2 rings (SSSR count). The van der Waals surface area contributed by atoms with Crippen molar-refractivity contribution in [2.75, 3.05) is 0 Å². The minimum Gasteiger partial charge on any atom is -0.464 e. The SMILES string of the molecule is Cn1c(CC(Cc2ccccc2)OC=O)n[nH]c1=O. The van der Waals surface area contributed by atoms with Gasteiger partial charge >= 0.3 is 5.69 Å². The number of benzene rings is 1. The molecule has 0 aliphatic heterocycles. The second-order valence-electron chi connectivity index (χ2n) is 4.25. The molecule has 0 saturated heterocycles. The maximum Gasteiger partial charge on any atom is 0.343 e. The van der Waals surface area contributed by atoms with E-state index in [1.165, 1.54) is 4.57 Å². The van der Waals surface area contributed by atoms with E-state index in [9.17, 15) is 9.59 Å². The van der Waals surface area contributed by atoms with Crippen LogP contribution in [0, 0.1) is 0 Å². The fourth-order valence-electron chi connectivity index (χ4n) is 1.89. The molecule has 0 amide bonds. The number of carbonyl (C=O) groups is 1. The third kappa shape index (κ3) is 3.31. The van der Waals surface area contributed by atoms with Crippen LogP contribution >= 0.6 is 0 Å². The molecule has 0 saturated carbocycles. The molecule has 0 spiro atoms. The molecule has 2 aromatic rings. The van der Waals surface area contributed by atoms with E-state index < -0.39 is 0 Å². The Hall–Kier alpha value is -2.37. The molecule has 1 heterocycles. The van der Waals surface area contributed by atoms with Crippen LogP contribution in [0.5, 0.6) is 0 Å². The molecule has 100 valence electrons. The number of hydrogen-bond donors (Lipinski definition) is 1. The molecular formula is C13H15N3O3. The summed E-state index contributed by atoms with van der Waals surface area (Å²) >= 11 is 0.